The summed E-state index contributed by atoms with van der Waals surface area (Å²) in [6, 6.07) is 4.74. The third-order valence-electron chi connectivity index (χ3n) is 2.92. The number of thioether (sulfide) groups is 1. The SMILES string of the molecule is CCC(=O)N=c1sc2cc([N+](=O)[O-])ccc2n1CCSC. The van der Waals surface area contributed by atoms with E-state index in [4.69, 9.17) is 0 Å². The standard InChI is InChI=1S/C13H15N3O3S2/c1-3-12(17)14-13-15(6-7-20-2)10-5-4-9(16(18)19)8-11(10)21-13/h4-5,8H,3,6-7H2,1-2H3. The maximum atomic E-state index is 11.6. The van der Waals surface area contributed by atoms with Crippen molar-refractivity contribution in [3.05, 3.63) is 33.1 Å². The summed E-state index contributed by atoms with van der Waals surface area (Å²) < 4.78 is 2.72. The van der Waals surface area contributed by atoms with Crippen molar-refractivity contribution in [2.45, 2.75) is 19.9 Å². The number of carbonyl (C=O) groups excluding carboxylic acids is 1. The Hall–Kier alpha value is -1.67. The molecule has 6 nitrogen and oxygen atoms in total. The molecule has 21 heavy (non-hydrogen) atoms. The van der Waals surface area contributed by atoms with Crippen LogP contribution in [0.4, 0.5) is 5.69 Å². The van der Waals surface area contributed by atoms with Gasteiger partial charge in [0.1, 0.15) is 0 Å². The number of aryl methyl sites for hydroxylation is 1. The summed E-state index contributed by atoms with van der Waals surface area (Å²) in [5.41, 5.74) is 0.927. The van der Waals surface area contributed by atoms with Crippen molar-refractivity contribution in [3.63, 3.8) is 0 Å². The molecule has 0 fully saturated rings. The minimum Gasteiger partial charge on any atom is -0.316 e. The van der Waals surface area contributed by atoms with Gasteiger partial charge in [-0.3, -0.25) is 14.9 Å². The Morgan fingerprint density at radius 3 is 2.90 bits per heavy atom. The Morgan fingerprint density at radius 2 is 2.29 bits per heavy atom. The number of hydrogen-bond acceptors (Lipinski definition) is 5. The molecule has 0 aliphatic rings. The number of fused-ring (bicyclic) bond motifs is 1. The fourth-order valence-electron chi connectivity index (χ4n) is 1.85. The second-order valence-corrected chi connectivity index (χ2v) is 6.29. The van der Waals surface area contributed by atoms with Gasteiger partial charge in [-0.1, -0.05) is 18.3 Å². The van der Waals surface area contributed by atoms with Gasteiger partial charge in [0.25, 0.3) is 5.69 Å². The lowest BCUT2D eigenvalue weighted by molar-refractivity contribution is -0.384. The number of non-ortho nitro benzene ring substituents is 1. The van der Waals surface area contributed by atoms with Crippen LogP contribution in [0.25, 0.3) is 10.2 Å². The van der Waals surface area contributed by atoms with Gasteiger partial charge in [0, 0.05) is 30.9 Å². The van der Waals surface area contributed by atoms with Crippen molar-refractivity contribution >= 4 is 44.9 Å². The number of nitrogens with zero attached hydrogens (tertiary/aromatic N) is 3. The first-order chi connectivity index (χ1) is 10.1. The van der Waals surface area contributed by atoms with Crippen molar-refractivity contribution in [1.82, 2.24) is 4.57 Å². The zero-order valence-corrected chi connectivity index (χ0v) is 13.4. The first kappa shape index (κ1) is 15.7. The van der Waals surface area contributed by atoms with Crippen LogP contribution in [-0.4, -0.2) is 27.4 Å². The van der Waals surface area contributed by atoms with Crippen molar-refractivity contribution in [2.75, 3.05) is 12.0 Å². The molecule has 0 N–H and O–H groups in total. The van der Waals surface area contributed by atoms with E-state index in [0.29, 0.717) is 11.2 Å². The van der Waals surface area contributed by atoms with Gasteiger partial charge in [-0.15, -0.1) is 0 Å². The van der Waals surface area contributed by atoms with Crippen molar-refractivity contribution in [2.24, 2.45) is 4.99 Å². The zero-order chi connectivity index (χ0) is 15.4. The van der Waals surface area contributed by atoms with E-state index in [-0.39, 0.29) is 11.6 Å². The molecular formula is C13H15N3O3S2. The van der Waals surface area contributed by atoms with Crippen molar-refractivity contribution < 1.29 is 9.72 Å². The van der Waals surface area contributed by atoms with Crippen LogP contribution >= 0.6 is 23.1 Å². The molecular weight excluding hydrogens is 310 g/mol. The van der Waals surface area contributed by atoms with E-state index in [0.717, 1.165) is 22.5 Å². The normalized spacial score (nSPS) is 12.0. The molecule has 0 aliphatic heterocycles. The molecule has 8 heteroatoms. The maximum Gasteiger partial charge on any atom is 0.270 e. The molecule has 0 spiro atoms. The van der Waals surface area contributed by atoms with Gasteiger partial charge in [0.15, 0.2) is 4.80 Å². The third kappa shape index (κ3) is 3.51. The highest BCUT2D eigenvalue weighted by molar-refractivity contribution is 7.98. The Kier molecular flexibility index (Phi) is 5.13. The largest absolute Gasteiger partial charge is 0.316 e. The number of thiazole rings is 1. The number of hydrogen-bond donors (Lipinski definition) is 0. The van der Waals surface area contributed by atoms with Crippen molar-refractivity contribution in [3.8, 4) is 0 Å². The van der Waals surface area contributed by atoms with E-state index in [1.807, 2.05) is 10.8 Å². The van der Waals surface area contributed by atoms with Crippen LogP contribution in [-0.2, 0) is 11.3 Å². The van der Waals surface area contributed by atoms with Gasteiger partial charge in [-0.25, -0.2) is 0 Å². The van der Waals surface area contributed by atoms with E-state index < -0.39 is 4.92 Å². The highest BCUT2D eigenvalue weighted by atomic mass is 32.2. The lowest BCUT2D eigenvalue weighted by Crippen LogP contribution is -2.17. The van der Waals surface area contributed by atoms with Crippen LogP contribution in [0.1, 0.15) is 13.3 Å². The summed E-state index contributed by atoms with van der Waals surface area (Å²) in [6.45, 7) is 2.48. The average Bonchev–Trinajstić information content (AvgIpc) is 2.81. The van der Waals surface area contributed by atoms with Crippen molar-refractivity contribution in [1.29, 1.82) is 0 Å². The van der Waals surface area contributed by atoms with Crippen LogP contribution in [0.5, 0.6) is 0 Å². The summed E-state index contributed by atoms with van der Waals surface area (Å²) in [6.07, 6.45) is 2.35. The van der Waals surface area contributed by atoms with E-state index in [1.165, 1.54) is 23.5 Å². The molecule has 1 aromatic carbocycles. The highest BCUT2D eigenvalue weighted by Gasteiger charge is 2.12. The molecule has 0 saturated heterocycles. The number of carbonyl (C=O) groups is 1. The maximum absolute atomic E-state index is 11.6. The van der Waals surface area contributed by atoms with E-state index >= 15 is 0 Å². The number of nitro benzene ring substituents is 1. The number of nitro groups is 1. The second kappa shape index (κ2) is 6.86. The molecule has 0 unspecified atom stereocenters. The summed E-state index contributed by atoms with van der Waals surface area (Å²) >= 11 is 3.01. The van der Waals surface area contributed by atoms with E-state index in [2.05, 4.69) is 4.99 Å². The summed E-state index contributed by atoms with van der Waals surface area (Å²) in [5, 5.41) is 10.9. The quantitative estimate of drug-likeness (QED) is 0.625. The number of benzene rings is 1. The predicted octanol–water partition coefficient (Wildman–Crippen LogP) is 2.81. The van der Waals surface area contributed by atoms with Gasteiger partial charge >= 0.3 is 0 Å². The molecule has 2 rings (SSSR count). The second-order valence-electron chi connectivity index (χ2n) is 4.30. The molecule has 1 heterocycles. The predicted molar refractivity (Wildman–Crippen MR) is 85.7 cm³/mol. The molecule has 112 valence electrons. The Morgan fingerprint density at radius 1 is 1.52 bits per heavy atom. The summed E-state index contributed by atoms with van der Waals surface area (Å²) in [4.78, 5) is 26.7. The minimum atomic E-state index is -0.417. The smallest absolute Gasteiger partial charge is 0.270 e. The summed E-state index contributed by atoms with van der Waals surface area (Å²) in [5.74, 6) is 0.699. The van der Waals surface area contributed by atoms with E-state index in [9.17, 15) is 14.9 Å². The molecule has 0 radical (unpaired) electrons. The van der Waals surface area contributed by atoms with Crippen LogP contribution in [0.15, 0.2) is 23.2 Å². The lowest BCUT2D eigenvalue weighted by Gasteiger charge is -2.03. The fraction of sp³-hybridized carbons (Fsp3) is 0.385. The highest BCUT2D eigenvalue weighted by Crippen LogP contribution is 2.23. The first-order valence-electron chi connectivity index (χ1n) is 6.41. The number of rotatable bonds is 5. The Labute approximate surface area is 129 Å². The van der Waals surface area contributed by atoms with Crippen LogP contribution < -0.4 is 4.80 Å². The van der Waals surface area contributed by atoms with Gasteiger partial charge in [-0.05, 0) is 12.3 Å². The van der Waals surface area contributed by atoms with Gasteiger partial charge in [0.2, 0.25) is 5.91 Å². The third-order valence-corrected chi connectivity index (χ3v) is 4.55. The molecule has 2 aromatic rings. The molecule has 1 amide bonds. The monoisotopic (exact) mass is 325 g/mol. The van der Waals surface area contributed by atoms with Crippen LogP contribution in [0, 0.1) is 10.1 Å². The molecule has 0 aliphatic carbocycles. The van der Waals surface area contributed by atoms with Gasteiger partial charge < -0.3 is 4.57 Å². The summed E-state index contributed by atoms with van der Waals surface area (Å²) in [7, 11) is 0. The molecule has 1 aromatic heterocycles. The number of aromatic nitrogens is 1. The fourth-order valence-corrected chi connectivity index (χ4v) is 3.32. The molecule has 0 bridgehead atoms. The van der Waals surface area contributed by atoms with Gasteiger partial charge in [-0.2, -0.15) is 16.8 Å². The van der Waals surface area contributed by atoms with Gasteiger partial charge in [0.05, 0.1) is 15.1 Å². The first-order valence-corrected chi connectivity index (χ1v) is 8.62. The molecule has 0 atom stereocenters. The minimum absolute atomic E-state index is 0.0501. The average molecular weight is 325 g/mol. The Bertz CT molecular complexity index is 749. The van der Waals surface area contributed by atoms with Crippen LogP contribution in [0.2, 0.25) is 0 Å². The lowest BCUT2D eigenvalue weighted by atomic mass is 10.3. The van der Waals surface area contributed by atoms with E-state index in [1.54, 1.807) is 24.8 Å². The Balaban J connectivity index is 2.62. The molecule has 0 saturated carbocycles. The topological polar surface area (TPSA) is 77.5 Å². The van der Waals surface area contributed by atoms with Crippen LogP contribution in [0.3, 0.4) is 0 Å². The number of amides is 1. The zero-order valence-electron chi connectivity index (χ0n) is 11.7.